The monoisotopic (exact) mass is 282 g/mol. The zero-order chi connectivity index (χ0) is 13.1. The largest absolute Gasteiger partial charge is 0.386 e. The van der Waals surface area contributed by atoms with Crippen molar-refractivity contribution in [2.24, 2.45) is 5.73 Å². The lowest BCUT2D eigenvalue weighted by Gasteiger charge is -2.19. The fraction of sp³-hybridized carbons (Fsp3) is 0.154. The highest BCUT2D eigenvalue weighted by molar-refractivity contribution is 6.30. The van der Waals surface area contributed by atoms with E-state index in [-0.39, 0.29) is 0 Å². The number of aliphatic hydroxyl groups is 1. The number of aromatic nitrogens is 1. The molecule has 2 aromatic rings. The Hall–Kier alpha value is -1.13. The van der Waals surface area contributed by atoms with Crippen molar-refractivity contribution in [3.63, 3.8) is 0 Å². The average Bonchev–Trinajstić information content (AvgIpc) is 2.38. The Morgan fingerprint density at radius 2 is 1.89 bits per heavy atom. The van der Waals surface area contributed by atoms with E-state index in [0.717, 1.165) is 0 Å². The molecule has 1 heterocycles. The van der Waals surface area contributed by atoms with Gasteiger partial charge in [0.15, 0.2) is 0 Å². The molecule has 94 valence electrons. The quantitative estimate of drug-likeness (QED) is 0.851. The molecule has 0 saturated carbocycles. The Bertz CT molecular complexity index is 531. The summed E-state index contributed by atoms with van der Waals surface area (Å²) < 4.78 is 0. The van der Waals surface area contributed by atoms with Crippen LogP contribution in [0.5, 0.6) is 0 Å². The van der Waals surface area contributed by atoms with Crippen LogP contribution in [0.2, 0.25) is 10.2 Å². The van der Waals surface area contributed by atoms with Crippen LogP contribution in [0.3, 0.4) is 0 Å². The number of nitrogens with zero attached hydrogens (tertiary/aromatic N) is 1. The first kappa shape index (κ1) is 13.3. The molecule has 3 N–H and O–H groups in total. The topological polar surface area (TPSA) is 59.1 Å². The van der Waals surface area contributed by atoms with Gasteiger partial charge in [-0.1, -0.05) is 41.4 Å². The molecule has 2 atom stereocenters. The molecule has 0 spiro atoms. The minimum Gasteiger partial charge on any atom is -0.386 e. The predicted molar refractivity (Wildman–Crippen MR) is 72.6 cm³/mol. The zero-order valence-electron chi connectivity index (χ0n) is 9.42. The van der Waals surface area contributed by atoms with E-state index in [9.17, 15) is 5.11 Å². The molecule has 1 aromatic carbocycles. The van der Waals surface area contributed by atoms with E-state index in [1.807, 2.05) is 0 Å². The van der Waals surface area contributed by atoms with Crippen molar-refractivity contribution in [2.45, 2.75) is 12.1 Å². The SMILES string of the molecule is NC(c1ccc(Cl)nc1)C(O)c1cccc(Cl)c1. The number of aliphatic hydroxyl groups excluding tert-OH is 1. The summed E-state index contributed by atoms with van der Waals surface area (Å²) in [6, 6.07) is 9.79. The Morgan fingerprint density at radius 3 is 2.50 bits per heavy atom. The Balaban J connectivity index is 2.23. The number of pyridine rings is 1. The summed E-state index contributed by atoms with van der Waals surface area (Å²) in [4.78, 5) is 3.94. The molecule has 0 bridgehead atoms. The lowest BCUT2D eigenvalue weighted by Crippen LogP contribution is -2.19. The maximum atomic E-state index is 10.2. The van der Waals surface area contributed by atoms with Crippen molar-refractivity contribution in [1.29, 1.82) is 0 Å². The van der Waals surface area contributed by atoms with E-state index in [1.165, 1.54) is 0 Å². The van der Waals surface area contributed by atoms with Gasteiger partial charge >= 0.3 is 0 Å². The van der Waals surface area contributed by atoms with E-state index < -0.39 is 12.1 Å². The van der Waals surface area contributed by atoms with Crippen molar-refractivity contribution in [3.8, 4) is 0 Å². The molecule has 0 aliphatic carbocycles. The molecule has 2 unspecified atom stereocenters. The Morgan fingerprint density at radius 1 is 1.11 bits per heavy atom. The maximum absolute atomic E-state index is 10.2. The van der Waals surface area contributed by atoms with Crippen molar-refractivity contribution in [3.05, 3.63) is 63.9 Å². The molecule has 0 saturated heterocycles. The number of rotatable bonds is 3. The lowest BCUT2D eigenvalue weighted by atomic mass is 9.98. The highest BCUT2D eigenvalue weighted by Gasteiger charge is 2.19. The van der Waals surface area contributed by atoms with Crippen molar-refractivity contribution in [1.82, 2.24) is 4.98 Å². The summed E-state index contributed by atoms with van der Waals surface area (Å²) in [5.74, 6) is 0. The number of nitrogens with two attached hydrogens (primary N) is 1. The summed E-state index contributed by atoms with van der Waals surface area (Å²) in [6.45, 7) is 0. The van der Waals surface area contributed by atoms with Gasteiger partial charge in [0.05, 0.1) is 12.1 Å². The highest BCUT2D eigenvalue weighted by Crippen LogP contribution is 2.28. The van der Waals surface area contributed by atoms with Gasteiger partial charge in [-0.15, -0.1) is 0 Å². The molecule has 0 aliphatic rings. The normalized spacial score (nSPS) is 14.2. The number of hydrogen-bond donors (Lipinski definition) is 2. The number of hydrogen-bond acceptors (Lipinski definition) is 3. The molecule has 2 rings (SSSR count). The van der Waals surface area contributed by atoms with Crippen LogP contribution < -0.4 is 5.73 Å². The second kappa shape index (κ2) is 5.67. The van der Waals surface area contributed by atoms with Crippen LogP contribution in [0.25, 0.3) is 0 Å². The average molecular weight is 283 g/mol. The van der Waals surface area contributed by atoms with E-state index in [4.69, 9.17) is 28.9 Å². The third kappa shape index (κ3) is 3.00. The van der Waals surface area contributed by atoms with Gasteiger partial charge in [0.1, 0.15) is 5.15 Å². The van der Waals surface area contributed by atoms with Crippen LogP contribution in [0.15, 0.2) is 42.6 Å². The minimum absolute atomic E-state index is 0.392. The first-order valence-electron chi connectivity index (χ1n) is 5.38. The van der Waals surface area contributed by atoms with Crippen molar-refractivity contribution in [2.75, 3.05) is 0 Å². The van der Waals surface area contributed by atoms with Gasteiger partial charge in [-0.05, 0) is 29.3 Å². The molecule has 0 amide bonds. The lowest BCUT2D eigenvalue weighted by molar-refractivity contribution is 0.147. The Kier molecular flexibility index (Phi) is 4.19. The fourth-order valence-electron chi connectivity index (χ4n) is 1.66. The van der Waals surface area contributed by atoms with E-state index >= 15 is 0 Å². The van der Waals surface area contributed by atoms with Gasteiger partial charge in [0.2, 0.25) is 0 Å². The third-order valence-electron chi connectivity index (χ3n) is 2.67. The van der Waals surface area contributed by atoms with Crippen molar-refractivity contribution < 1.29 is 5.11 Å². The number of benzene rings is 1. The summed E-state index contributed by atoms with van der Waals surface area (Å²) in [5, 5.41) is 11.1. The highest BCUT2D eigenvalue weighted by atomic mass is 35.5. The van der Waals surface area contributed by atoms with Gasteiger partial charge in [0, 0.05) is 11.2 Å². The van der Waals surface area contributed by atoms with Gasteiger partial charge in [0.25, 0.3) is 0 Å². The molecular formula is C13H12Cl2N2O. The first-order chi connectivity index (χ1) is 8.58. The van der Waals surface area contributed by atoms with Crippen LogP contribution in [-0.2, 0) is 0 Å². The summed E-state index contributed by atoms with van der Waals surface area (Å²) in [7, 11) is 0. The third-order valence-corrected chi connectivity index (χ3v) is 3.12. The first-order valence-corrected chi connectivity index (χ1v) is 6.14. The summed E-state index contributed by atoms with van der Waals surface area (Å²) in [6.07, 6.45) is 0.715. The second-order valence-corrected chi connectivity index (χ2v) is 4.76. The van der Waals surface area contributed by atoms with Crippen molar-refractivity contribution >= 4 is 23.2 Å². The second-order valence-electron chi connectivity index (χ2n) is 3.94. The summed E-state index contributed by atoms with van der Waals surface area (Å²) in [5.41, 5.74) is 7.38. The minimum atomic E-state index is -0.841. The molecule has 1 aromatic heterocycles. The van der Waals surface area contributed by atoms with Crippen LogP contribution in [0, 0.1) is 0 Å². The molecule has 0 aliphatic heterocycles. The van der Waals surface area contributed by atoms with Crippen LogP contribution in [-0.4, -0.2) is 10.1 Å². The molecular weight excluding hydrogens is 271 g/mol. The standard InChI is InChI=1S/C13H12Cl2N2O/c14-10-3-1-2-8(6-10)13(18)12(16)9-4-5-11(15)17-7-9/h1-7,12-13,18H,16H2. The molecule has 5 heteroatoms. The fourth-order valence-corrected chi connectivity index (χ4v) is 1.98. The van der Waals surface area contributed by atoms with Gasteiger partial charge in [-0.25, -0.2) is 4.98 Å². The van der Waals surface area contributed by atoms with E-state index in [0.29, 0.717) is 21.3 Å². The molecule has 3 nitrogen and oxygen atoms in total. The van der Waals surface area contributed by atoms with Crippen LogP contribution >= 0.6 is 23.2 Å². The summed E-state index contributed by atoms with van der Waals surface area (Å²) >= 11 is 11.6. The number of halogens is 2. The zero-order valence-corrected chi connectivity index (χ0v) is 10.9. The molecule has 0 radical (unpaired) electrons. The predicted octanol–water partition coefficient (Wildman–Crippen LogP) is 3.12. The Labute approximate surface area is 115 Å². The van der Waals surface area contributed by atoms with Gasteiger partial charge in [-0.3, -0.25) is 0 Å². The van der Waals surface area contributed by atoms with Crippen LogP contribution in [0.1, 0.15) is 23.3 Å². The van der Waals surface area contributed by atoms with Gasteiger partial charge < -0.3 is 10.8 Å². The molecule has 18 heavy (non-hydrogen) atoms. The smallest absolute Gasteiger partial charge is 0.129 e. The van der Waals surface area contributed by atoms with E-state index in [2.05, 4.69) is 4.98 Å². The molecule has 0 fully saturated rings. The van der Waals surface area contributed by atoms with E-state index in [1.54, 1.807) is 42.6 Å². The van der Waals surface area contributed by atoms with Gasteiger partial charge in [-0.2, -0.15) is 0 Å². The van der Waals surface area contributed by atoms with Crippen LogP contribution in [0.4, 0.5) is 0 Å². The maximum Gasteiger partial charge on any atom is 0.129 e.